The first-order valence-electron chi connectivity index (χ1n) is 12.6. The Morgan fingerprint density at radius 2 is 1.76 bits per heavy atom. The first-order valence-corrected chi connectivity index (χ1v) is 14.0. The van der Waals surface area contributed by atoms with Crippen molar-refractivity contribution in [1.29, 1.82) is 0 Å². The highest BCUT2D eigenvalue weighted by atomic mass is 32.2. The van der Waals surface area contributed by atoms with Crippen molar-refractivity contribution in [1.82, 2.24) is 9.46 Å². The van der Waals surface area contributed by atoms with E-state index in [-0.39, 0.29) is 23.1 Å². The lowest BCUT2D eigenvalue weighted by Crippen LogP contribution is -2.46. The minimum Gasteiger partial charge on any atom is -0.355 e. The summed E-state index contributed by atoms with van der Waals surface area (Å²) in [5, 5.41) is 3.97. The van der Waals surface area contributed by atoms with E-state index in [2.05, 4.69) is 17.3 Å². The second-order valence-corrected chi connectivity index (χ2v) is 11.9. The largest absolute Gasteiger partial charge is 0.355 e. The van der Waals surface area contributed by atoms with Crippen LogP contribution < -0.4 is 4.90 Å². The van der Waals surface area contributed by atoms with Gasteiger partial charge in [-0.1, -0.05) is 41.1 Å². The Morgan fingerprint density at radius 3 is 2.43 bits per heavy atom. The Labute approximate surface area is 219 Å². The molecule has 1 aliphatic heterocycles. The fraction of sp³-hybridized carbons (Fsp3) is 0.379. The number of benzene rings is 2. The molecule has 7 nitrogen and oxygen atoms in total. The summed E-state index contributed by atoms with van der Waals surface area (Å²) in [5.74, 6) is -0.314. The molecule has 1 amide bonds. The molecular weight excluding hydrogens is 486 g/mol. The molecule has 8 heteroatoms. The van der Waals surface area contributed by atoms with Gasteiger partial charge in [-0.2, -0.15) is 4.31 Å². The summed E-state index contributed by atoms with van der Waals surface area (Å²) in [5.41, 5.74) is 6.56. The van der Waals surface area contributed by atoms with Crippen molar-refractivity contribution in [2.24, 2.45) is 5.92 Å². The quantitative estimate of drug-likeness (QED) is 0.431. The summed E-state index contributed by atoms with van der Waals surface area (Å²) < 4.78 is 34.5. The van der Waals surface area contributed by atoms with E-state index in [1.54, 1.807) is 24.9 Å². The smallest absolute Gasteiger partial charge is 0.248 e. The number of piperidine rings is 1. The molecule has 1 fully saturated rings. The van der Waals surface area contributed by atoms with Crippen molar-refractivity contribution >= 4 is 33.8 Å². The van der Waals surface area contributed by atoms with Gasteiger partial charge in [0.2, 0.25) is 15.9 Å². The second-order valence-electron chi connectivity index (χ2n) is 10.0. The zero-order chi connectivity index (χ0) is 26.9. The molecule has 2 aromatic carbocycles. The molecule has 0 radical (unpaired) electrons. The zero-order valence-electron chi connectivity index (χ0n) is 22.4. The van der Waals surface area contributed by atoms with Gasteiger partial charge in [-0.15, -0.1) is 0 Å². The first-order chi connectivity index (χ1) is 17.5. The highest BCUT2D eigenvalue weighted by Gasteiger charge is 2.37. The molecule has 0 spiro atoms. The summed E-state index contributed by atoms with van der Waals surface area (Å²) in [6.07, 6.45) is 4.80. The molecule has 4 rings (SSSR count). The van der Waals surface area contributed by atoms with Gasteiger partial charge >= 0.3 is 0 Å². The number of carbonyl (C=O) groups is 1. The molecule has 37 heavy (non-hydrogen) atoms. The monoisotopic (exact) mass is 521 g/mol. The average Bonchev–Trinajstić information content (AvgIpc) is 3.23. The molecule has 3 aromatic rings. The van der Waals surface area contributed by atoms with Gasteiger partial charge in [-0.3, -0.25) is 4.79 Å². The van der Waals surface area contributed by atoms with Crippen LogP contribution in [0.3, 0.4) is 0 Å². The van der Waals surface area contributed by atoms with Gasteiger partial charge in [0, 0.05) is 25.8 Å². The molecule has 1 aliphatic rings. The summed E-state index contributed by atoms with van der Waals surface area (Å²) in [6, 6.07) is 11.9. The fourth-order valence-corrected chi connectivity index (χ4v) is 6.91. The molecule has 1 saturated heterocycles. The fourth-order valence-electron chi connectivity index (χ4n) is 5.14. The Kier molecular flexibility index (Phi) is 7.71. The van der Waals surface area contributed by atoms with Crippen LogP contribution >= 0.6 is 0 Å². The lowest BCUT2D eigenvalue weighted by Gasteiger charge is -2.33. The maximum atomic E-state index is 13.8. The lowest BCUT2D eigenvalue weighted by atomic mass is 9.98. The van der Waals surface area contributed by atoms with Crippen molar-refractivity contribution in [3.63, 3.8) is 0 Å². The Bertz CT molecular complexity index is 1430. The summed E-state index contributed by atoms with van der Waals surface area (Å²) >= 11 is 0. The number of aryl methyl sites for hydroxylation is 5. The van der Waals surface area contributed by atoms with Crippen molar-refractivity contribution < 1.29 is 17.7 Å². The Morgan fingerprint density at radius 1 is 1.05 bits per heavy atom. The predicted octanol–water partition coefficient (Wildman–Crippen LogP) is 5.45. The Hall–Kier alpha value is -3.23. The minimum atomic E-state index is -3.92. The van der Waals surface area contributed by atoms with Crippen LogP contribution in [0.15, 0.2) is 45.8 Å². The molecule has 1 atom stereocenters. The third kappa shape index (κ3) is 5.55. The molecule has 196 valence electrons. The SMILES string of the molecule is Cc1cccc(N(C)C(=O)C2CCCN(S(=O)(=O)c3c(C)noc3C=Cc3c(C)cc(C)cc3C)C2)c1. The molecule has 2 heterocycles. The number of amides is 1. The molecule has 1 unspecified atom stereocenters. The van der Waals surface area contributed by atoms with E-state index in [9.17, 15) is 13.2 Å². The number of aromatic nitrogens is 1. The van der Waals surface area contributed by atoms with E-state index in [0.717, 1.165) is 27.9 Å². The van der Waals surface area contributed by atoms with Crippen LogP contribution in [-0.4, -0.2) is 43.9 Å². The maximum Gasteiger partial charge on any atom is 0.248 e. The van der Waals surface area contributed by atoms with Crippen molar-refractivity contribution in [2.45, 2.75) is 52.4 Å². The van der Waals surface area contributed by atoms with Gasteiger partial charge < -0.3 is 9.42 Å². The molecule has 0 aliphatic carbocycles. The van der Waals surface area contributed by atoms with Gasteiger partial charge in [-0.05, 0) is 87.9 Å². The number of anilines is 1. The predicted molar refractivity (Wildman–Crippen MR) is 147 cm³/mol. The number of hydrogen-bond donors (Lipinski definition) is 0. The van der Waals surface area contributed by atoms with E-state index in [4.69, 9.17) is 4.52 Å². The highest BCUT2D eigenvalue weighted by molar-refractivity contribution is 7.89. The number of rotatable bonds is 6. The molecule has 0 bridgehead atoms. The van der Waals surface area contributed by atoms with Crippen LogP contribution in [0, 0.1) is 40.5 Å². The topological polar surface area (TPSA) is 83.7 Å². The third-order valence-corrected chi connectivity index (χ3v) is 9.05. The average molecular weight is 522 g/mol. The normalized spacial score (nSPS) is 16.9. The summed E-state index contributed by atoms with van der Waals surface area (Å²) in [7, 11) is -2.18. The third-order valence-electron chi connectivity index (χ3n) is 7.02. The van der Waals surface area contributed by atoms with E-state index in [1.165, 1.54) is 9.87 Å². The van der Waals surface area contributed by atoms with Crippen LogP contribution in [0.1, 0.15) is 52.1 Å². The van der Waals surface area contributed by atoms with Gasteiger partial charge in [-0.25, -0.2) is 8.42 Å². The van der Waals surface area contributed by atoms with Gasteiger partial charge in [0.05, 0.1) is 5.92 Å². The van der Waals surface area contributed by atoms with Crippen molar-refractivity contribution in [3.8, 4) is 0 Å². The van der Waals surface area contributed by atoms with Crippen LogP contribution in [0.4, 0.5) is 5.69 Å². The van der Waals surface area contributed by atoms with E-state index in [0.29, 0.717) is 25.1 Å². The van der Waals surface area contributed by atoms with Crippen LogP contribution in [-0.2, 0) is 14.8 Å². The standard InChI is InChI=1S/C29H35N3O4S/c1-19-9-7-11-25(17-19)31(6)29(33)24-10-8-14-32(18-24)37(34,35)28-23(5)30-36-27(28)13-12-26-21(3)15-20(2)16-22(26)4/h7,9,11-13,15-17,24H,8,10,14,18H2,1-6H3. The number of hydrogen-bond acceptors (Lipinski definition) is 5. The minimum absolute atomic E-state index is 0.0614. The van der Waals surface area contributed by atoms with Crippen LogP contribution in [0.5, 0.6) is 0 Å². The maximum absolute atomic E-state index is 13.8. The van der Waals surface area contributed by atoms with Crippen molar-refractivity contribution in [3.05, 3.63) is 75.7 Å². The molecule has 1 aromatic heterocycles. The first kappa shape index (κ1) is 26.8. The lowest BCUT2D eigenvalue weighted by molar-refractivity contribution is -0.123. The Balaban J connectivity index is 1.59. The van der Waals surface area contributed by atoms with Gasteiger partial charge in [0.15, 0.2) is 10.7 Å². The van der Waals surface area contributed by atoms with Crippen LogP contribution in [0.25, 0.3) is 12.2 Å². The van der Waals surface area contributed by atoms with E-state index in [1.807, 2.05) is 58.0 Å². The zero-order valence-corrected chi connectivity index (χ0v) is 23.2. The number of sulfonamides is 1. The van der Waals surface area contributed by atoms with E-state index < -0.39 is 15.9 Å². The number of nitrogens with zero attached hydrogens (tertiary/aromatic N) is 3. The van der Waals surface area contributed by atoms with Gasteiger partial charge in [0.1, 0.15) is 5.69 Å². The number of carbonyl (C=O) groups excluding carboxylic acids is 1. The summed E-state index contributed by atoms with van der Waals surface area (Å²) in [4.78, 5) is 15.0. The molecular formula is C29H35N3O4S. The molecule has 0 N–H and O–H groups in total. The summed E-state index contributed by atoms with van der Waals surface area (Å²) in [6.45, 7) is 10.2. The highest BCUT2D eigenvalue weighted by Crippen LogP contribution is 2.31. The second kappa shape index (κ2) is 10.6. The van der Waals surface area contributed by atoms with Gasteiger partial charge in [0.25, 0.3) is 0 Å². The van der Waals surface area contributed by atoms with E-state index >= 15 is 0 Å². The van der Waals surface area contributed by atoms with Crippen molar-refractivity contribution in [2.75, 3.05) is 25.0 Å². The molecule has 0 saturated carbocycles. The van der Waals surface area contributed by atoms with Crippen LogP contribution in [0.2, 0.25) is 0 Å².